The first-order valence-electron chi connectivity index (χ1n) is 4.70. The van der Waals surface area contributed by atoms with E-state index in [1.165, 1.54) is 0 Å². The third kappa shape index (κ3) is 3.58. The van der Waals surface area contributed by atoms with E-state index in [1.54, 1.807) is 38.3 Å². The quantitative estimate of drug-likeness (QED) is 0.458. The van der Waals surface area contributed by atoms with Gasteiger partial charge in [0, 0.05) is 4.90 Å². The van der Waals surface area contributed by atoms with E-state index in [4.69, 9.17) is 4.74 Å². The van der Waals surface area contributed by atoms with Crippen molar-refractivity contribution >= 4 is 22.8 Å². The van der Waals surface area contributed by atoms with Gasteiger partial charge in [-0.3, -0.25) is 4.79 Å². The van der Waals surface area contributed by atoms with Gasteiger partial charge in [-0.25, -0.2) is 4.79 Å². The third-order valence-corrected chi connectivity index (χ3v) is 2.57. The molecule has 0 saturated carbocycles. The largest absolute Gasteiger partial charge is 0.497 e. The zero-order valence-corrected chi connectivity index (χ0v) is 9.87. The van der Waals surface area contributed by atoms with Gasteiger partial charge in [-0.05, 0) is 43.0 Å². The Balaban J connectivity index is 2.59. The van der Waals surface area contributed by atoms with Crippen LogP contribution in [0.3, 0.4) is 0 Å². The maximum absolute atomic E-state index is 11.3. The lowest BCUT2D eigenvalue weighted by molar-refractivity contribution is -0.149. The molecule has 0 amide bonds. The number of thioether (sulfide) groups is 1. The Morgan fingerprint density at radius 2 is 1.88 bits per heavy atom. The van der Waals surface area contributed by atoms with Gasteiger partial charge in [0.25, 0.3) is 0 Å². The minimum Gasteiger partial charge on any atom is -0.497 e. The highest BCUT2D eigenvalue weighted by molar-refractivity contribution is 8.15. The Bertz CT molecular complexity index is 372. The molecular formula is C11H12O4S. The Kier molecular flexibility index (Phi) is 4.85. The summed E-state index contributed by atoms with van der Waals surface area (Å²) in [5.41, 5.74) is 0. The van der Waals surface area contributed by atoms with Crippen molar-refractivity contribution in [2.45, 2.75) is 11.8 Å². The van der Waals surface area contributed by atoms with E-state index in [1.807, 2.05) is 0 Å². The summed E-state index contributed by atoms with van der Waals surface area (Å²) in [4.78, 5) is 23.0. The molecule has 0 N–H and O–H groups in total. The Morgan fingerprint density at radius 1 is 1.25 bits per heavy atom. The molecule has 0 bridgehead atoms. The van der Waals surface area contributed by atoms with Crippen LogP contribution in [0, 0.1) is 0 Å². The van der Waals surface area contributed by atoms with Gasteiger partial charge in [-0.2, -0.15) is 0 Å². The molecule has 0 atom stereocenters. The fraction of sp³-hybridized carbons (Fsp3) is 0.273. The first-order chi connectivity index (χ1) is 7.67. The van der Waals surface area contributed by atoms with Crippen LogP contribution in [0.2, 0.25) is 0 Å². The van der Waals surface area contributed by atoms with E-state index in [9.17, 15) is 9.59 Å². The van der Waals surface area contributed by atoms with Crippen molar-refractivity contribution in [2.75, 3.05) is 13.7 Å². The van der Waals surface area contributed by atoms with Crippen molar-refractivity contribution in [3.63, 3.8) is 0 Å². The van der Waals surface area contributed by atoms with Crippen molar-refractivity contribution in [1.82, 2.24) is 0 Å². The Labute approximate surface area is 97.9 Å². The maximum atomic E-state index is 11.3. The minimum atomic E-state index is -0.816. The summed E-state index contributed by atoms with van der Waals surface area (Å²) in [6, 6.07) is 6.86. The monoisotopic (exact) mass is 240 g/mol. The average Bonchev–Trinajstić information content (AvgIpc) is 2.30. The zero-order valence-electron chi connectivity index (χ0n) is 9.06. The van der Waals surface area contributed by atoms with Crippen LogP contribution in [-0.2, 0) is 14.3 Å². The fourth-order valence-corrected chi connectivity index (χ4v) is 1.61. The fourth-order valence-electron chi connectivity index (χ4n) is 0.982. The zero-order chi connectivity index (χ0) is 12.0. The summed E-state index contributed by atoms with van der Waals surface area (Å²) in [5, 5.41) is -0.619. The molecule has 0 aliphatic rings. The average molecular weight is 240 g/mol. The lowest BCUT2D eigenvalue weighted by atomic mass is 10.3. The number of methoxy groups -OCH3 is 1. The second kappa shape index (κ2) is 6.17. The molecule has 0 heterocycles. The van der Waals surface area contributed by atoms with Crippen molar-refractivity contribution in [2.24, 2.45) is 0 Å². The van der Waals surface area contributed by atoms with E-state index in [0.29, 0.717) is 10.6 Å². The summed E-state index contributed by atoms with van der Waals surface area (Å²) >= 11 is 0.842. The number of carbonyl (C=O) groups excluding carboxylic acids is 2. The lowest BCUT2D eigenvalue weighted by Gasteiger charge is -2.02. The smallest absolute Gasteiger partial charge is 0.386 e. The highest BCUT2D eigenvalue weighted by Gasteiger charge is 2.16. The summed E-state index contributed by atoms with van der Waals surface area (Å²) in [6.45, 7) is 1.86. The van der Waals surface area contributed by atoms with Gasteiger partial charge in [0.2, 0.25) is 0 Å². The third-order valence-electron chi connectivity index (χ3n) is 1.71. The molecule has 0 radical (unpaired) electrons. The van der Waals surface area contributed by atoms with Gasteiger partial charge in [-0.1, -0.05) is 0 Å². The van der Waals surface area contributed by atoms with Crippen LogP contribution in [0.5, 0.6) is 5.75 Å². The van der Waals surface area contributed by atoms with Crippen LogP contribution in [0.15, 0.2) is 29.2 Å². The highest BCUT2D eigenvalue weighted by atomic mass is 32.2. The van der Waals surface area contributed by atoms with Gasteiger partial charge in [0.05, 0.1) is 13.7 Å². The molecule has 0 aliphatic heterocycles. The number of carbonyl (C=O) groups is 2. The number of benzene rings is 1. The molecule has 5 heteroatoms. The summed E-state index contributed by atoms with van der Waals surface area (Å²) in [6.07, 6.45) is 0. The standard InChI is InChI=1S/C11H12O4S/c1-3-15-10(12)11(13)16-9-6-4-8(14-2)5-7-9/h4-7H,3H2,1-2H3. The van der Waals surface area contributed by atoms with Crippen molar-refractivity contribution in [1.29, 1.82) is 0 Å². The van der Waals surface area contributed by atoms with Crippen molar-refractivity contribution in [3.05, 3.63) is 24.3 Å². The van der Waals surface area contributed by atoms with E-state index in [2.05, 4.69) is 4.74 Å². The number of hydrogen-bond acceptors (Lipinski definition) is 5. The van der Waals surface area contributed by atoms with E-state index >= 15 is 0 Å². The van der Waals surface area contributed by atoms with Crippen LogP contribution in [0.1, 0.15) is 6.92 Å². The first-order valence-corrected chi connectivity index (χ1v) is 5.52. The molecule has 0 fully saturated rings. The second-order valence-corrected chi connectivity index (χ2v) is 3.83. The van der Waals surface area contributed by atoms with Gasteiger partial charge in [0.1, 0.15) is 5.75 Å². The van der Waals surface area contributed by atoms with Crippen LogP contribution in [0.25, 0.3) is 0 Å². The van der Waals surface area contributed by atoms with Gasteiger partial charge in [-0.15, -0.1) is 0 Å². The SMILES string of the molecule is CCOC(=O)C(=O)Sc1ccc(OC)cc1. The summed E-state index contributed by atoms with van der Waals surface area (Å²) in [7, 11) is 1.56. The molecular weight excluding hydrogens is 228 g/mol. The Morgan fingerprint density at radius 3 is 2.38 bits per heavy atom. The first kappa shape index (κ1) is 12.6. The van der Waals surface area contributed by atoms with Crippen molar-refractivity contribution < 1.29 is 19.1 Å². The number of ether oxygens (including phenoxy) is 2. The van der Waals surface area contributed by atoms with Crippen LogP contribution in [0.4, 0.5) is 0 Å². The highest BCUT2D eigenvalue weighted by Crippen LogP contribution is 2.22. The molecule has 16 heavy (non-hydrogen) atoms. The number of rotatable bonds is 3. The van der Waals surface area contributed by atoms with Crippen LogP contribution in [-0.4, -0.2) is 24.8 Å². The van der Waals surface area contributed by atoms with Gasteiger partial charge < -0.3 is 9.47 Å². The van der Waals surface area contributed by atoms with Gasteiger partial charge in [0.15, 0.2) is 0 Å². The summed E-state index contributed by atoms with van der Waals surface area (Å²) in [5.74, 6) is -0.115. The number of hydrogen-bond donors (Lipinski definition) is 0. The van der Waals surface area contributed by atoms with E-state index < -0.39 is 11.1 Å². The minimum absolute atomic E-state index is 0.202. The molecule has 0 aliphatic carbocycles. The van der Waals surface area contributed by atoms with Crippen LogP contribution < -0.4 is 4.74 Å². The molecule has 0 unspecified atom stereocenters. The van der Waals surface area contributed by atoms with E-state index in [0.717, 1.165) is 11.8 Å². The molecule has 1 aromatic rings. The maximum Gasteiger partial charge on any atom is 0.386 e. The predicted octanol–water partition coefficient (Wildman–Crippen LogP) is 1.88. The number of esters is 1. The molecule has 0 saturated heterocycles. The second-order valence-electron chi connectivity index (χ2n) is 2.79. The molecule has 1 aromatic carbocycles. The summed E-state index contributed by atoms with van der Waals surface area (Å²) < 4.78 is 9.56. The topological polar surface area (TPSA) is 52.6 Å². The Hall–Kier alpha value is -1.49. The van der Waals surface area contributed by atoms with Crippen LogP contribution >= 0.6 is 11.8 Å². The molecule has 86 valence electrons. The molecule has 0 spiro atoms. The normalized spacial score (nSPS) is 9.62. The van der Waals surface area contributed by atoms with Crippen molar-refractivity contribution in [3.8, 4) is 5.75 Å². The molecule has 1 rings (SSSR count). The predicted molar refractivity (Wildman–Crippen MR) is 60.5 cm³/mol. The van der Waals surface area contributed by atoms with E-state index in [-0.39, 0.29) is 6.61 Å². The lowest BCUT2D eigenvalue weighted by Crippen LogP contribution is -2.13. The molecule has 4 nitrogen and oxygen atoms in total. The molecule has 0 aromatic heterocycles. The van der Waals surface area contributed by atoms with Gasteiger partial charge >= 0.3 is 11.1 Å².